The van der Waals surface area contributed by atoms with Crippen LogP contribution in [0, 0.1) is 0 Å². The first-order valence-electron chi connectivity index (χ1n) is 6.22. The van der Waals surface area contributed by atoms with Crippen LogP contribution in [0.25, 0.3) is 0 Å². The molecule has 0 bridgehead atoms. The fraction of sp³-hybridized carbons (Fsp3) is 0.385. The molecule has 0 spiro atoms. The van der Waals surface area contributed by atoms with Crippen molar-refractivity contribution in [2.45, 2.75) is 25.5 Å². The van der Waals surface area contributed by atoms with E-state index in [9.17, 15) is 33.0 Å². The number of esters is 1. The van der Waals surface area contributed by atoms with Gasteiger partial charge in [0, 0.05) is 0 Å². The van der Waals surface area contributed by atoms with Crippen molar-refractivity contribution in [1.29, 1.82) is 0 Å². The molecular weight excluding hydrogens is 325 g/mol. The van der Waals surface area contributed by atoms with Gasteiger partial charge >= 0.3 is 18.3 Å². The van der Waals surface area contributed by atoms with Gasteiger partial charge in [-0.05, 0) is 24.6 Å². The van der Waals surface area contributed by atoms with Crippen molar-refractivity contribution >= 4 is 11.9 Å². The van der Waals surface area contributed by atoms with Gasteiger partial charge in [0.15, 0.2) is 6.10 Å². The van der Waals surface area contributed by atoms with Crippen LogP contribution in [0.5, 0.6) is 5.75 Å². The number of carbonyl (C=O) groups excluding carboxylic acids is 1. The number of hydrogen-bond acceptors (Lipinski definition) is 6. The summed E-state index contributed by atoms with van der Waals surface area (Å²) in [4.78, 5) is 22.2. The molecule has 0 fully saturated rings. The van der Waals surface area contributed by atoms with Gasteiger partial charge in [-0.2, -0.15) is 0 Å². The zero-order valence-corrected chi connectivity index (χ0v) is 11.7. The van der Waals surface area contributed by atoms with E-state index in [0.29, 0.717) is 6.07 Å². The quantitative estimate of drug-likeness (QED) is 0.669. The van der Waals surface area contributed by atoms with Crippen molar-refractivity contribution in [2.75, 3.05) is 6.61 Å². The van der Waals surface area contributed by atoms with Crippen molar-refractivity contribution in [1.82, 2.24) is 0 Å². The van der Waals surface area contributed by atoms with Crippen LogP contribution >= 0.6 is 0 Å². The van der Waals surface area contributed by atoms with E-state index in [2.05, 4.69) is 9.47 Å². The number of carbonyl (C=O) groups is 2. The molecule has 23 heavy (non-hydrogen) atoms. The van der Waals surface area contributed by atoms with E-state index in [1.807, 2.05) is 0 Å². The molecule has 1 aromatic carbocycles. The zero-order chi connectivity index (χ0) is 17.8. The molecule has 1 rings (SSSR count). The smallest absolute Gasteiger partial charge is 0.478 e. The van der Waals surface area contributed by atoms with E-state index in [1.54, 1.807) is 0 Å². The number of halogens is 3. The lowest BCUT2D eigenvalue weighted by Crippen LogP contribution is -2.30. The van der Waals surface area contributed by atoms with E-state index in [-0.39, 0.29) is 12.2 Å². The monoisotopic (exact) mass is 338 g/mol. The van der Waals surface area contributed by atoms with Gasteiger partial charge < -0.3 is 24.8 Å². The summed E-state index contributed by atoms with van der Waals surface area (Å²) < 4.78 is 45.0. The van der Waals surface area contributed by atoms with Crippen molar-refractivity contribution in [3.05, 3.63) is 29.3 Å². The summed E-state index contributed by atoms with van der Waals surface area (Å²) in [6.45, 7) is 1.37. The molecule has 0 saturated heterocycles. The molecule has 0 saturated carbocycles. The maximum absolute atomic E-state index is 12.3. The third kappa shape index (κ3) is 5.11. The fourth-order valence-corrected chi connectivity index (χ4v) is 1.65. The van der Waals surface area contributed by atoms with Crippen LogP contribution in [0.1, 0.15) is 28.9 Å². The molecule has 10 heteroatoms. The highest BCUT2D eigenvalue weighted by Crippen LogP contribution is 2.30. The molecule has 0 amide bonds. The van der Waals surface area contributed by atoms with Gasteiger partial charge in [0.05, 0.1) is 6.61 Å². The summed E-state index contributed by atoms with van der Waals surface area (Å²) in [6, 6.07) is 2.27. The number of aliphatic hydroxyl groups is 2. The predicted molar refractivity (Wildman–Crippen MR) is 67.7 cm³/mol. The topological polar surface area (TPSA) is 113 Å². The Balaban J connectivity index is 3.16. The van der Waals surface area contributed by atoms with Gasteiger partial charge in [0.25, 0.3) is 0 Å². The average Bonchev–Trinajstić information content (AvgIpc) is 2.43. The van der Waals surface area contributed by atoms with Gasteiger partial charge in [0.2, 0.25) is 0 Å². The van der Waals surface area contributed by atoms with Crippen molar-refractivity contribution < 1.29 is 47.6 Å². The standard InChI is InChI=1S/C13H13F3O7/c1-2-22-12(21)10(18)9(17)6-3-4-7(11(19)20)8(5-6)23-13(14,15)16/h3-5,9-10,17-18H,2H2,1H3,(H,19,20). The minimum atomic E-state index is -5.16. The number of carboxylic acid groups (broad SMARTS) is 1. The lowest BCUT2D eigenvalue weighted by molar-refractivity contribution is -0.274. The summed E-state index contributed by atoms with van der Waals surface area (Å²) >= 11 is 0. The first-order chi connectivity index (χ1) is 10.6. The number of aromatic carboxylic acids is 1. The molecule has 2 atom stereocenters. The van der Waals surface area contributed by atoms with Gasteiger partial charge in [-0.3, -0.25) is 0 Å². The Kier molecular flexibility index (Phi) is 5.93. The Labute approximate surface area is 127 Å². The highest BCUT2D eigenvalue weighted by Gasteiger charge is 2.34. The van der Waals surface area contributed by atoms with Crippen LogP contribution < -0.4 is 4.74 Å². The number of alkyl halides is 3. The van der Waals surface area contributed by atoms with Crippen LogP contribution in [0.15, 0.2) is 18.2 Å². The lowest BCUT2D eigenvalue weighted by Gasteiger charge is -2.18. The second-order valence-electron chi connectivity index (χ2n) is 4.25. The summed E-state index contributed by atoms with van der Waals surface area (Å²) in [5.41, 5.74) is -1.15. The number of hydrogen-bond donors (Lipinski definition) is 3. The molecule has 0 aromatic heterocycles. The Bertz CT molecular complexity index is 585. The number of ether oxygens (including phenoxy) is 2. The van der Waals surface area contributed by atoms with Crippen LogP contribution in [0.2, 0.25) is 0 Å². The average molecular weight is 338 g/mol. The summed E-state index contributed by atoms with van der Waals surface area (Å²) in [6.07, 6.45) is -9.13. The van der Waals surface area contributed by atoms with E-state index in [4.69, 9.17) is 5.11 Å². The first-order valence-corrected chi connectivity index (χ1v) is 6.22. The normalized spacial score (nSPS) is 14.0. The molecule has 0 heterocycles. The minimum Gasteiger partial charge on any atom is -0.478 e. The fourth-order valence-electron chi connectivity index (χ4n) is 1.65. The summed E-state index contributed by atoms with van der Waals surface area (Å²) in [5, 5.41) is 28.2. The van der Waals surface area contributed by atoms with E-state index < -0.39 is 41.8 Å². The lowest BCUT2D eigenvalue weighted by atomic mass is 10.0. The number of carboxylic acids is 1. The van der Waals surface area contributed by atoms with E-state index >= 15 is 0 Å². The molecule has 1 aromatic rings. The predicted octanol–water partition coefficient (Wildman–Crippen LogP) is 1.24. The number of aliphatic hydroxyl groups excluding tert-OH is 2. The molecule has 3 N–H and O–H groups in total. The highest BCUT2D eigenvalue weighted by atomic mass is 19.4. The first kappa shape index (κ1) is 18.7. The van der Waals surface area contributed by atoms with Crippen LogP contribution in [-0.2, 0) is 9.53 Å². The van der Waals surface area contributed by atoms with Gasteiger partial charge in [-0.25, -0.2) is 9.59 Å². The number of rotatable bonds is 6. The summed E-state index contributed by atoms with van der Waals surface area (Å²) in [5.74, 6) is -3.95. The molecule has 0 aliphatic carbocycles. The molecule has 0 aliphatic rings. The van der Waals surface area contributed by atoms with Crippen LogP contribution in [-0.4, -0.2) is 46.3 Å². The van der Waals surface area contributed by atoms with E-state index in [0.717, 1.165) is 12.1 Å². The van der Waals surface area contributed by atoms with E-state index in [1.165, 1.54) is 6.92 Å². The van der Waals surface area contributed by atoms with Gasteiger partial charge in [0.1, 0.15) is 17.4 Å². The second-order valence-corrected chi connectivity index (χ2v) is 4.25. The molecule has 0 radical (unpaired) electrons. The largest absolute Gasteiger partial charge is 0.573 e. The molecule has 7 nitrogen and oxygen atoms in total. The van der Waals surface area contributed by atoms with Crippen molar-refractivity contribution in [2.24, 2.45) is 0 Å². The van der Waals surface area contributed by atoms with Crippen LogP contribution in [0.4, 0.5) is 13.2 Å². The SMILES string of the molecule is CCOC(=O)C(O)C(O)c1ccc(C(=O)O)c(OC(F)(F)F)c1. The summed E-state index contributed by atoms with van der Waals surface area (Å²) in [7, 11) is 0. The van der Waals surface area contributed by atoms with Gasteiger partial charge in [-0.1, -0.05) is 6.07 Å². The second kappa shape index (κ2) is 7.29. The Morgan fingerprint density at radius 1 is 1.26 bits per heavy atom. The van der Waals surface area contributed by atoms with Crippen LogP contribution in [0.3, 0.4) is 0 Å². The third-order valence-electron chi connectivity index (χ3n) is 2.63. The third-order valence-corrected chi connectivity index (χ3v) is 2.63. The Morgan fingerprint density at radius 2 is 1.87 bits per heavy atom. The maximum Gasteiger partial charge on any atom is 0.573 e. The Hall–Kier alpha value is -2.33. The maximum atomic E-state index is 12.3. The van der Waals surface area contributed by atoms with Gasteiger partial charge in [-0.15, -0.1) is 13.2 Å². The Morgan fingerprint density at radius 3 is 2.35 bits per heavy atom. The number of benzene rings is 1. The molecular formula is C13H13F3O7. The molecule has 0 aliphatic heterocycles. The highest BCUT2D eigenvalue weighted by molar-refractivity contribution is 5.91. The van der Waals surface area contributed by atoms with Crippen molar-refractivity contribution in [3.8, 4) is 5.75 Å². The molecule has 128 valence electrons. The zero-order valence-electron chi connectivity index (χ0n) is 11.7. The van der Waals surface area contributed by atoms with Crippen molar-refractivity contribution in [3.63, 3.8) is 0 Å². The molecule has 2 unspecified atom stereocenters. The minimum absolute atomic E-state index is 0.0804.